The van der Waals surface area contributed by atoms with Gasteiger partial charge in [0, 0.05) is 6.42 Å². The molecule has 0 radical (unpaired) electrons. The van der Waals surface area contributed by atoms with Crippen LogP contribution in [0.4, 0.5) is 0 Å². The number of aliphatic hydroxyl groups excluding tert-OH is 1. The van der Waals surface area contributed by atoms with Gasteiger partial charge in [0.1, 0.15) is 13.2 Å². The second kappa shape index (κ2) is 31.2. The highest BCUT2D eigenvalue weighted by molar-refractivity contribution is 7.45. The summed E-state index contributed by atoms with van der Waals surface area (Å²) in [6.45, 7) is 4.39. The van der Waals surface area contributed by atoms with Gasteiger partial charge < -0.3 is 28.8 Å². The van der Waals surface area contributed by atoms with Crippen LogP contribution in [0.2, 0.25) is 0 Å². The minimum Gasteiger partial charge on any atom is -0.756 e. The van der Waals surface area contributed by atoms with Crippen LogP contribution < -0.4 is 10.2 Å². The Morgan fingerprint density at radius 3 is 1.81 bits per heavy atom. The lowest BCUT2D eigenvalue weighted by Crippen LogP contribution is -2.46. The molecule has 0 saturated carbocycles. The van der Waals surface area contributed by atoms with E-state index < -0.39 is 20.0 Å². The molecule has 0 rings (SSSR count). The Kier molecular flexibility index (Phi) is 30.0. The van der Waals surface area contributed by atoms with Gasteiger partial charge in [-0.2, -0.15) is 0 Å². The molecule has 0 aliphatic rings. The molecule has 0 heterocycles. The molecular formula is C39H71N2O6P. The van der Waals surface area contributed by atoms with Crippen LogP contribution in [0.5, 0.6) is 0 Å². The number of phosphoric ester groups is 1. The van der Waals surface area contributed by atoms with E-state index in [9.17, 15) is 19.4 Å². The van der Waals surface area contributed by atoms with Crippen molar-refractivity contribution in [3.8, 4) is 0 Å². The maximum Gasteiger partial charge on any atom is 0.268 e. The number of nitrogens with zero attached hydrogens (tertiary/aromatic N) is 1. The van der Waals surface area contributed by atoms with Crippen molar-refractivity contribution >= 4 is 13.7 Å². The number of amides is 1. The second-order valence-electron chi connectivity index (χ2n) is 13.5. The number of likely N-dealkylation sites (N-methyl/N-ethyl adjacent to an activating group) is 1. The smallest absolute Gasteiger partial charge is 0.268 e. The molecule has 0 fully saturated rings. The first kappa shape index (κ1) is 46.2. The van der Waals surface area contributed by atoms with Gasteiger partial charge in [0.2, 0.25) is 5.91 Å². The molecule has 0 aliphatic carbocycles. The third-order valence-corrected chi connectivity index (χ3v) is 8.73. The summed E-state index contributed by atoms with van der Waals surface area (Å²) in [6, 6.07) is -0.804. The van der Waals surface area contributed by atoms with Crippen molar-refractivity contribution in [2.45, 2.75) is 142 Å². The molecule has 0 spiro atoms. The molecule has 9 heteroatoms. The summed E-state index contributed by atoms with van der Waals surface area (Å²) in [5, 5.41) is 13.5. The van der Waals surface area contributed by atoms with Crippen molar-refractivity contribution in [3.63, 3.8) is 0 Å². The van der Waals surface area contributed by atoms with Crippen molar-refractivity contribution in [1.29, 1.82) is 0 Å². The van der Waals surface area contributed by atoms with Gasteiger partial charge in [-0.15, -0.1) is 0 Å². The van der Waals surface area contributed by atoms with Gasteiger partial charge in [-0.05, 0) is 57.8 Å². The van der Waals surface area contributed by atoms with E-state index in [4.69, 9.17) is 9.05 Å². The van der Waals surface area contributed by atoms with Crippen LogP contribution in [0.1, 0.15) is 129 Å². The van der Waals surface area contributed by atoms with Crippen LogP contribution in [0.25, 0.3) is 0 Å². The van der Waals surface area contributed by atoms with Crippen molar-refractivity contribution in [2.75, 3.05) is 40.9 Å². The van der Waals surface area contributed by atoms with Gasteiger partial charge in [0.25, 0.3) is 7.82 Å². The largest absolute Gasteiger partial charge is 0.756 e. The first-order valence-electron chi connectivity index (χ1n) is 18.6. The number of aliphatic hydroxyl groups is 1. The summed E-state index contributed by atoms with van der Waals surface area (Å²) >= 11 is 0. The van der Waals surface area contributed by atoms with Gasteiger partial charge in [-0.3, -0.25) is 9.36 Å². The lowest BCUT2D eigenvalue weighted by atomic mass is 10.0. The first-order valence-corrected chi connectivity index (χ1v) is 20.1. The van der Waals surface area contributed by atoms with Crippen molar-refractivity contribution in [2.24, 2.45) is 0 Å². The van der Waals surface area contributed by atoms with E-state index in [0.717, 1.165) is 83.5 Å². The normalized spacial score (nSPS) is 15.4. The lowest BCUT2D eigenvalue weighted by Gasteiger charge is -2.30. The molecule has 8 nitrogen and oxygen atoms in total. The predicted octanol–water partition coefficient (Wildman–Crippen LogP) is 8.88. The number of hydrogen-bond donors (Lipinski definition) is 2. The van der Waals surface area contributed by atoms with E-state index >= 15 is 0 Å². The Balaban J connectivity index is 4.09. The van der Waals surface area contributed by atoms with Gasteiger partial charge in [-0.1, -0.05) is 126 Å². The zero-order valence-corrected chi connectivity index (χ0v) is 32.1. The van der Waals surface area contributed by atoms with Crippen LogP contribution in [0.15, 0.2) is 60.8 Å². The molecule has 278 valence electrons. The Morgan fingerprint density at radius 2 is 1.27 bits per heavy atom. The summed E-state index contributed by atoms with van der Waals surface area (Å²) in [5.41, 5.74) is 0. The maximum atomic E-state index is 12.6. The molecule has 0 aliphatic heterocycles. The van der Waals surface area contributed by atoms with E-state index in [1.807, 2.05) is 21.1 Å². The highest BCUT2D eigenvalue weighted by Gasteiger charge is 2.24. The summed E-state index contributed by atoms with van der Waals surface area (Å²) in [4.78, 5) is 24.9. The van der Waals surface area contributed by atoms with E-state index in [1.165, 1.54) is 19.3 Å². The summed E-state index contributed by atoms with van der Waals surface area (Å²) in [7, 11) is 1.27. The topological polar surface area (TPSA) is 108 Å². The second-order valence-corrected chi connectivity index (χ2v) is 15.0. The first-order chi connectivity index (χ1) is 23.0. The fourth-order valence-corrected chi connectivity index (χ4v) is 5.49. The Bertz CT molecular complexity index is 970. The zero-order valence-electron chi connectivity index (χ0n) is 31.2. The summed E-state index contributed by atoms with van der Waals surface area (Å²) in [5.74, 6) is -0.193. The maximum absolute atomic E-state index is 12.6. The van der Waals surface area contributed by atoms with Crippen molar-refractivity contribution < 1.29 is 32.9 Å². The molecular weight excluding hydrogens is 623 g/mol. The Morgan fingerprint density at radius 1 is 0.750 bits per heavy atom. The lowest BCUT2D eigenvalue weighted by molar-refractivity contribution is -0.870. The molecule has 1 amide bonds. The van der Waals surface area contributed by atoms with Crippen LogP contribution >= 0.6 is 7.82 Å². The van der Waals surface area contributed by atoms with Crippen LogP contribution in [0.3, 0.4) is 0 Å². The monoisotopic (exact) mass is 695 g/mol. The zero-order chi connectivity index (χ0) is 35.8. The van der Waals surface area contributed by atoms with E-state index in [2.05, 4.69) is 79.9 Å². The molecule has 0 aromatic heterocycles. The number of phosphoric acid groups is 1. The molecule has 0 aromatic carbocycles. The van der Waals surface area contributed by atoms with Gasteiger partial charge >= 0.3 is 0 Å². The highest BCUT2D eigenvalue weighted by atomic mass is 31.2. The number of carbonyl (C=O) groups is 1. The number of quaternary nitrogens is 1. The fraction of sp³-hybridized carbons (Fsp3) is 0.718. The molecule has 0 saturated heterocycles. The number of hydrogen-bond acceptors (Lipinski definition) is 6. The molecule has 3 unspecified atom stereocenters. The quantitative estimate of drug-likeness (QED) is 0.0315. The van der Waals surface area contributed by atoms with Crippen LogP contribution in [-0.2, 0) is 18.4 Å². The van der Waals surface area contributed by atoms with Gasteiger partial charge in [0.05, 0.1) is 39.9 Å². The average molecular weight is 695 g/mol. The molecule has 2 N–H and O–H groups in total. The average Bonchev–Trinajstić information content (AvgIpc) is 3.02. The molecule has 48 heavy (non-hydrogen) atoms. The SMILES string of the molecule is CC/C=C\C/C=C\C/C=C\C/C=C\C/C=C\CCCCCCCCCC(=O)NC(COP(=O)([O-])OCC[N+](C)(C)C)C(O)CCCCC. The third-order valence-electron chi connectivity index (χ3n) is 7.77. The highest BCUT2D eigenvalue weighted by Crippen LogP contribution is 2.38. The Labute approximate surface area is 294 Å². The molecule has 3 atom stereocenters. The molecule has 0 aromatic rings. The third kappa shape index (κ3) is 32.7. The van der Waals surface area contributed by atoms with E-state index in [-0.39, 0.29) is 19.1 Å². The minimum absolute atomic E-state index is 0.00462. The number of carbonyl (C=O) groups excluding carboxylic acids is 1. The predicted molar refractivity (Wildman–Crippen MR) is 201 cm³/mol. The van der Waals surface area contributed by atoms with Gasteiger partial charge in [-0.25, -0.2) is 0 Å². The number of rotatable bonds is 32. The van der Waals surface area contributed by atoms with Crippen molar-refractivity contribution in [1.82, 2.24) is 5.32 Å². The standard InChI is InChI=1S/C39H71N2O6P/c1-6-8-10-11-12-13-14-15-16-17-18-19-20-21-22-23-24-25-26-27-28-29-31-33-39(43)40-37(38(42)32-30-9-7-2)36-47-48(44,45)46-35-34-41(3,4)5/h8,10,12-13,15-16,18-19,21-22,37-38,42H,6-7,9,11,14,17,20,23-36H2,1-5H3,(H-,40,43,44,45)/b10-8-,13-12-,16-15-,19-18-,22-21-. The fourth-order valence-electron chi connectivity index (χ4n) is 4.77. The van der Waals surface area contributed by atoms with E-state index in [1.54, 1.807) is 0 Å². The van der Waals surface area contributed by atoms with Crippen molar-refractivity contribution in [3.05, 3.63) is 60.8 Å². The number of allylic oxidation sites excluding steroid dienone is 10. The number of nitrogens with one attached hydrogen (secondary N) is 1. The summed E-state index contributed by atoms with van der Waals surface area (Å²) < 4.78 is 22.9. The van der Waals surface area contributed by atoms with Gasteiger partial charge in [0.15, 0.2) is 0 Å². The summed E-state index contributed by atoms with van der Waals surface area (Å²) in [6.07, 6.45) is 38.7. The van der Waals surface area contributed by atoms with E-state index in [0.29, 0.717) is 23.9 Å². The number of unbranched alkanes of at least 4 members (excludes halogenated alkanes) is 9. The minimum atomic E-state index is -4.54. The molecule has 0 bridgehead atoms. The van der Waals surface area contributed by atoms with Crippen LogP contribution in [0, 0.1) is 0 Å². The van der Waals surface area contributed by atoms with Crippen LogP contribution in [-0.4, -0.2) is 68.5 Å². The Hall–Kier alpha value is -1.80.